The summed E-state index contributed by atoms with van der Waals surface area (Å²) in [6, 6.07) is 4.96. The Kier molecular flexibility index (Phi) is 4.52. The van der Waals surface area contributed by atoms with Crippen molar-refractivity contribution in [3.8, 4) is 5.69 Å². The summed E-state index contributed by atoms with van der Waals surface area (Å²) in [6.45, 7) is 0.769. The Labute approximate surface area is 131 Å². The van der Waals surface area contributed by atoms with Crippen LogP contribution in [0.4, 0.5) is 11.4 Å². The van der Waals surface area contributed by atoms with Crippen molar-refractivity contribution in [3.63, 3.8) is 0 Å². The Bertz CT molecular complexity index is 642. The minimum absolute atomic E-state index is 0.0400. The topological polar surface area (TPSA) is 98.8 Å². The molecular weight excluding hydrogens is 304 g/mol. The van der Waals surface area contributed by atoms with Crippen molar-refractivity contribution in [2.24, 2.45) is 5.92 Å². The second kappa shape index (κ2) is 6.73. The van der Waals surface area contributed by atoms with Gasteiger partial charge in [-0.25, -0.2) is 4.68 Å². The van der Waals surface area contributed by atoms with Crippen LogP contribution in [0.1, 0.15) is 12.8 Å². The predicted molar refractivity (Wildman–Crippen MR) is 84.3 cm³/mol. The summed E-state index contributed by atoms with van der Waals surface area (Å²) < 4.78 is 1.40. The molecule has 0 atom stereocenters. The highest BCUT2D eigenvalue weighted by Gasteiger charge is 2.18. The van der Waals surface area contributed by atoms with Gasteiger partial charge in [0.1, 0.15) is 12.0 Å². The van der Waals surface area contributed by atoms with Gasteiger partial charge in [0, 0.05) is 12.6 Å². The lowest BCUT2D eigenvalue weighted by molar-refractivity contribution is -0.383. The van der Waals surface area contributed by atoms with E-state index < -0.39 is 0 Å². The Morgan fingerprint density at radius 2 is 2.23 bits per heavy atom. The first kappa shape index (κ1) is 14.8. The zero-order chi connectivity index (χ0) is 15.4. The average molecular weight is 320 g/mol. The second-order valence-corrected chi connectivity index (χ2v) is 6.37. The van der Waals surface area contributed by atoms with E-state index in [1.165, 1.54) is 28.6 Å². The van der Waals surface area contributed by atoms with Crippen molar-refractivity contribution in [2.45, 2.75) is 12.8 Å². The fourth-order valence-corrected chi connectivity index (χ4v) is 3.65. The van der Waals surface area contributed by atoms with E-state index in [-0.39, 0.29) is 10.6 Å². The van der Waals surface area contributed by atoms with Crippen molar-refractivity contribution in [3.05, 3.63) is 34.6 Å². The maximum atomic E-state index is 11.3. The molecule has 1 N–H and O–H groups in total. The molecule has 1 saturated heterocycles. The van der Waals surface area contributed by atoms with Crippen molar-refractivity contribution < 1.29 is 4.92 Å². The summed E-state index contributed by atoms with van der Waals surface area (Å²) in [5, 5.41) is 25.3. The molecule has 0 saturated carbocycles. The molecule has 0 aliphatic carbocycles. The molecular formula is C13H16N6O2S. The number of thioether (sulfide) groups is 1. The zero-order valence-electron chi connectivity index (χ0n) is 11.9. The molecule has 3 rings (SSSR count). The summed E-state index contributed by atoms with van der Waals surface area (Å²) >= 11 is 1.97. The molecule has 116 valence electrons. The van der Waals surface area contributed by atoms with E-state index in [0.717, 1.165) is 19.4 Å². The second-order valence-electron chi connectivity index (χ2n) is 5.15. The standard InChI is InChI=1S/C13H16N6O2S/c20-19(21)13-7-11(18-9-15-16-17-18)1-2-12(13)14-8-10-3-5-22-6-4-10/h1-2,7,9-10,14H,3-6,8H2. The molecule has 22 heavy (non-hydrogen) atoms. The van der Waals surface area contributed by atoms with Gasteiger partial charge < -0.3 is 5.32 Å². The van der Waals surface area contributed by atoms with E-state index in [2.05, 4.69) is 20.8 Å². The number of hydrogen-bond acceptors (Lipinski definition) is 7. The Morgan fingerprint density at radius 3 is 2.91 bits per heavy atom. The first-order valence-corrected chi connectivity index (χ1v) is 8.23. The normalized spacial score (nSPS) is 15.6. The maximum Gasteiger partial charge on any atom is 0.294 e. The average Bonchev–Trinajstić information content (AvgIpc) is 3.08. The first-order valence-electron chi connectivity index (χ1n) is 7.07. The Morgan fingerprint density at radius 1 is 1.41 bits per heavy atom. The maximum absolute atomic E-state index is 11.3. The van der Waals surface area contributed by atoms with Crippen LogP contribution in [0.2, 0.25) is 0 Å². The van der Waals surface area contributed by atoms with Crippen LogP contribution in [0.5, 0.6) is 0 Å². The number of anilines is 1. The van der Waals surface area contributed by atoms with Crippen molar-refractivity contribution in [1.82, 2.24) is 20.2 Å². The SMILES string of the molecule is O=[N+]([O-])c1cc(-n2cnnn2)ccc1NCC1CCSCC1. The van der Waals surface area contributed by atoms with Crippen LogP contribution >= 0.6 is 11.8 Å². The molecule has 1 aromatic carbocycles. The molecule has 0 unspecified atom stereocenters. The van der Waals surface area contributed by atoms with E-state index >= 15 is 0 Å². The molecule has 9 heteroatoms. The van der Waals surface area contributed by atoms with Crippen molar-refractivity contribution in [1.29, 1.82) is 0 Å². The quantitative estimate of drug-likeness (QED) is 0.665. The number of nitrogens with one attached hydrogen (secondary N) is 1. The van der Waals surface area contributed by atoms with Gasteiger partial charge >= 0.3 is 0 Å². The van der Waals surface area contributed by atoms with Gasteiger partial charge in [0.25, 0.3) is 5.69 Å². The number of hydrogen-bond donors (Lipinski definition) is 1. The molecule has 1 fully saturated rings. The Balaban J connectivity index is 1.76. The van der Waals surface area contributed by atoms with E-state index in [1.54, 1.807) is 12.1 Å². The molecule has 0 spiro atoms. The lowest BCUT2D eigenvalue weighted by atomic mass is 10.0. The van der Waals surface area contributed by atoms with Crippen LogP contribution in [0, 0.1) is 16.0 Å². The fourth-order valence-electron chi connectivity index (χ4n) is 2.45. The smallest absolute Gasteiger partial charge is 0.294 e. The first-order chi connectivity index (χ1) is 10.7. The zero-order valence-corrected chi connectivity index (χ0v) is 12.7. The van der Waals surface area contributed by atoms with Gasteiger partial charge in [-0.15, -0.1) is 5.10 Å². The van der Waals surface area contributed by atoms with Crippen LogP contribution in [0.15, 0.2) is 24.5 Å². The van der Waals surface area contributed by atoms with Gasteiger partial charge in [-0.1, -0.05) is 0 Å². The van der Waals surface area contributed by atoms with Crippen LogP contribution in [0.3, 0.4) is 0 Å². The van der Waals surface area contributed by atoms with Crippen molar-refractivity contribution >= 4 is 23.1 Å². The summed E-state index contributed by atoms with van der Waals surface area (Å²) in [4.78, 5) is 10.9. The number of rotatable bonds is 5. The van der Waals surface area contributed by atoms with Crippen LogP contribution in [-0.4, -0.2) is 43.2 Å². The summed E-state index contributed by atoms with van der Waals surface area (Å²) in [6.07, 6.45) is 3.73. The number of nitrogens with zero attached hydrogens (tertiary/aromatic N) is 5. The lowest BCUT2D eigenvalue weighted by Gasteiger charge is -2.22. The molecule has 1 aliphatic heterocycles. The minimum atomic E-state index is -0.382. The summed E-state index contributed by atoms with van der Waals surface area (Å²) in [7, 11) is 0. The minimum Gasteiger partial charge on any atom is -0.379 e. The van der Waals surface area contributed by atoms with Gasteiger partial charge in [-0.2, -0.15) is 11.8 Å². The number of aromatic nitrogens is 4. The third-order valence-corrected chi connectivity index (χ3v) is 4.76. The number of tetrazole rings is 1. The summed E-state index contributed by atoms with van der Waals surface area (Å²) in [5.41, 5.74) is 1.15. The highest BCUT2D eigenvalue weighted by Crippen LogP contribution is 2.28. The molecule has 0 bridgehead atoms. The Hall–Kier alpha value is -2.16. The predicted octanol–water partition coefficient (Wildman–Crippen LogP) is 2.13. The molecule has 0 radical (unpaired) electrons. The molecule has 1 aliphatic rings. The molecule has 2 heterocycles. The monoisotopic (exact) mass is 320 g/mol. The fraction of sp³-hybridized carbons (Fsp3) is 0.462. The van der Waals surface area contributed by atoms with E-state index in [9.17, 15) is 10.1 Å². The third kappa shape index (κ3) is 3.35. The number of benzene rings is 1. The van der Waals surface area contributed by atoms with E-state index in [0.29, 0.717) is 17.3 Å². The summed E-state index contributed by atoms with van der Waals surface area (Å²) in [5.74, 6) is 2.93. The van der Waals surface area contributed by atoms with Gasteiger partial charge in [0.2, 0.25) is 0 Å². The van der Waals surface area contributed by atoms with E-state index in [4.69, 9.17) is 0 Å². The third-order valence-electron chi connectivity index (χ3n) is 3.71. The largest absolute Gasteiger partial charge is 0.379 e. The molecule has 1 aromatic heterocycles. The lowest BCUT2D eigenvalue weighted by Crippen LogP contribution is -2.19. The molecule has 0 amide bonds. The van der Waals surface area contributed by atoms with E-state index in [1.807, 2.05) is 11.8 Å². The van der Waals surface area contributed by atoms with Crippen LogP contribution in [-0.2, 0) is 0 Å². The van der Waals surface area contributed by atoms with Gasteiger partial charge in [0.05, 0.1) is 10.6 Å². The number of nitro benzene ring substituents is 1. The van der Waals surface area contributed by atoms with Gasteiger partial charge in [-0.05, 0) is 52.8 Å². The number of nitro groups is 1. The van der Waals surface area contributed by atoms with Crippen molar-refractivity contribution in [2.75, 3.05) is 23.4 Å². The molecule has 8 nitrogen and oxygen atoms in total. The van der Waals surface area contributed by atoms with Crippen LogP contribution < -0.4 is 5.32 Å². The highest BCUT2D eigenvalue weighted by molar-refractivity contribution is 7.99. The van der Waals surface area contributed by atoms with Crippen LogP contribution in [0.25, 0.3) is 5.69 Å². The van der Waals surface area contributed by atoms with Gasteiger partial charge in [0.15, 0.2) is 0 Å². The highest BCUT2D eigenvalue weighted by atomic mass is 32.2. The van der Waals surface area contributed by atoms with Gasteiger partial charge in [-0.3, -0.25) is 10.1 Å². The molecule has 2 aromatic rings.